The number of aliphatic imine (C=N–C) groups is 1. The second kappa shape index (κ2) is 7.59. The van der Waals surface area contributed by atoms with Crippen LogP contribution >= 0.6 is 0 Å². The second-order valence-electron chi connectivity index (χ2n) is 7.29. The number of H-pyrrole nitrogens is 1. The number of anilines is 1. The van der Waals surface area contributed by atoms with Crippen LogP contribution in [-0.4, -0.2) is 41.8 Å². The van der Waals surface area contributed by atoms with E-state index in [1.54, 1.807) is 0 Å². The van der Waals surface area contributed by atoms with Crippen molar-refractivity contribution < 1.29 is 18.3 Å². The molecule has 1 saturated heterocycles. The number of amides is 1. The van der Waals surface area contributed by atoms with Crippen molar-refractivity contribution in [2.24, 2.45) is 10.4 Å². The van der Waals surface area contributed by atoms with Gasteiger partial charge in [0.15, 0.2) is 17.5 Å². The van der Waals surface area contributed by atoms with Gasteiger partial charge in [0, 0.05) is 16.4 Å². The lowest BCUT2D eigenvalue weighted by Gasteiger charge is -2.36. The van der Waals surface area contributed by atoms with Gasteiger partial charge in [0.05, 0.1) is 25.3 Å². The summed E-state index contributed by atoms with van der Waals surface area (Å²) in [5, 5.41) is 13.6. The molecule has 3 N–H and O–H groups in total. The molecule has 0 radical (unpaired) electrons. The fourth-order valence-electron chi connectivity index (χ4n) is 2.91. The van der Waals surface area contributed by atoms with Crippen LogP contribution in [0.25, 0.3) is 10.9 Å². The Kier molecular flexibility index (Phi) is 4.98. The number of fused-ring (bicyclic) bond motifs is 1. The second-order valence-corrected chi connectivity index (χ2v) is 7.29. The zero-order valence-corrected chi connectivity index (χ0v) is 15.6. The molecule has 0 atom stereocenters. The Bertz CT molecular complexity index is 1090. The first-order valence-electron chi connectivity index (χ1n) is 9.02. The summed E-state index contributed by atoms with van der Waals surface area (Å²) in [5.74, 6) is -2.09. The number of aromatic nitrogens is 2. The van der Waals surface area contributed by atoms with E-state index in [-0.39, 0.29) is 16.9 Å². The molecule has 1 aromatic heterocycles. The molecule has 1 aliphatic heterocycles. The number of nitrogens with zero attached hydrogens (tertiary/aromatic N) is 2. The number of halogens is 2. The summed E-state index contributed by atoms with van der Waals surface area (Å²) < 4.78 is 31.9. The van der Waals surface area contributed by atoms with Gasteiger partial charge in [0.2, 0.25) is 5.96 Å². The molecule has 29 heavy (non-hydrogen) atoms. The maximum atomic E-state index is 13.5. The van der Waals surface area contributed by atoms with Crippen molar-refractivity contribution in [1.29, 1.82) is 0 Å². The molecule has 3 aromatic rings. The van der Waals surface area contributed by atoms with E-state index in [1.165, 1.54) is 6.07 Å². The summed E-state index contributed by atoms with van der Waals surface area (Å²) in [6.07, 6.45) is 0. The normalized spacial score (nSPS) is 15.8. The minimum atomic E-state index is -1.10. The van der Waals surface area contributed by atoms with Crippen LogP contribution in [0.5, 0.6) is 0 Å². The van der Waals surface area contributed by atoms with Gasteiger partial charge in [-0.05, 0) is 30.3 Å². The third kappa shape index (κ3) is 4.09. The number of carbonyl (C=O) groups is 1. The topological polar surface area (TPSA) is 91.4 Å². The van der Waals surface area contributed by atoms with E-state index in [2.05, 4.69) is 25.8 Å². The molecule has 0 aliphatic carbocycles. The zero-order valence-electron chi connectivity index (χ0n) is 15.6. The summed E-state index contributed by atoms with van der Waals surface area (Å²) in [7, 11) is 0. The van der Waals surface area contributed by atoms with E-state index in [0.717, 1.165) is 23.0 Å². The van der Waals surface area contributed by atoms with Crippen LogP contribution in [0.1, 0.15) is 17.3 Å². The van der Waals surface area contributed by atoms with Crippen LogP contribution in [-0.2, 0) is 4.74 Å². The molecule has 1 amide bonds. The van der Waals surface area contributed by atoms with Gasteiger partial charge in [-0.2, -0.15) is 5.10 Å². The molecule has 0 unspecified atom stereocenters. The molecule has 2 aromatic carbocycles. The first-order chi connectivity index (χ1) is 13.9. The van der Waals surface area contributed by atoms with E-state index >= 15 is 0 Å². The quantitative estimate of drug-likeness (QED) is 0.465. The van der Waals surface area contributed by atoms with Gasteiger partial charge in [-0.3, -0.25) is 20.2 Å². The smallest absolute Gasteiger partial charge is 0.258 e. The largest absolute Gasteiger partial charge is 0.380 e. The highest BCUT2D eigenvalue weighted by Gasteiger charge is 2.33. The highest BCUT2D eigenvalue weighted by Crippen LogP contribution is 2.26. The molecule has 0 saturated carbocycles. The Morgan fingerprint density at radius 3 is 2.76 bits per heavy atom. The Morgan fingerprint density at radius 2 is 2.03 bits per heavy atom. The maximum absolute atomic E-state index is 13.5. The van der Waals surface area contributed by atoms with Crippen LogP contribution in [0.4, 0.5) is 14.6 Å². The molecule has 7 nitrogen and oxygen atoms in total. The Morgan fingerprint density at radius 1 is 1.24 bits per heavy atom. The number of guanidine groups is 1. The van der Waals surface area contributed by atoms with E-state index in [0.29, 0.717) is 25.6 Å². The standard InChI is InChI=1S/C20H19F2N5O2/c1-20(10-29-11-20)9-23-19(24-17-13-4-2-3-5-16(13)26-27-17)25-18(28)12-6-7-14(21)15(22)8-12/h2-8H,9-11H2,1H3,(H3,23,24,25,26,27,28). The summed E-state index contributed by atoms with van der Waals surface area (Å²) in [6, 6.07) is 10.4. The molecule has 1 fully saturated rings. The fraction of sp³-hybridized carbons (Fsp3) is 0.250. The summed E-state index contributed by atoms with van der Waals surface area (Å²) in [6.45, 7) is 3.59. The number of ether oxygens (including phenoxy) is 1. The van der Waals surface area contributed by atoms with Crippen molar-refractivity contribution in [1.82, 2.24) is 15.5 Å². The lowest BCUT2D eigenvalue weighted by atomic mass is 9.89. The number of carbonyl (C=O) groups excluding carboxylic acids is 1. The summed E-state index contributed by atoms with van der Waals surface area (Å²) in [5.41, 5.74) is 0.678. The summed E-state index contributed by atoms with van der Waals surface area (Å²) >= 11 is 0. The molecule has 150 valence electrons. The minimum Gasteiger partial charge on any atom is -0.380 e. The first-order valence-corrected chi connectivity index (χ1v) is 9.02. The SMILES string of the molecule is CC1(CN=C(NC(=O)c2ccc(F)c(F)c2)Nc2n[nH]c3ccccc23)COC1. The van der Waals surface area contributed by atoms with E-state index < -0.39 is 17.5 Å². The Balaban J connectivity index is 1.58. The monoisotopic (exact) mass is 399 g/mol. The van der Waals surface area contributed by atoms with Crippen LogP contribution in [0, 0.1) is 17.0 Å². The van der Waals surface area contributed by atoms with Gasteiger partial charge in [-0.15, -0.1) is 0 Å². The molecule has 9 heteroatoms. The predicted octanol–water partition coefficient (Wildman–Crippen LogP) is 3.08. The molecule has 0 bridgehead atoms. The lowest BCUT2D eigenvalue weighted by Crippen LogP contribution is -2.44. The number of nitrogens with one attached hydrogen (secondary N) is 3. The average molecular weight is 399 g/mol. The number of rotatable bonds is 4. The zero-order chi connectivity index (χ0) is 20.4. The van der Waals surface area contributed by atoms with Crippen molar-refractivity contribution in [3.63, 3.8) is 0 Å². The van der Waals surface area contributed by atoms with Crippen LogP contribution in [0.3, 0.4) is 0 Å². The number of aromatic amines is 1. The van der Waals surface area contributed by atoms with Crippen LogP contribution < -0.4 is 10.6 Å². The maximum Gasteiger partial charge on any atom is 0.258 e. The molecular weight excluding hydrogens is 380 g/mol. The molecule has 4 rings (SSSR count). The third-order valence-electron chi connectivity index (χ3n) is 4.64. The van der Waals surface area contributed by atoms with Gasteiger partial charge >= 0.3 is 0 Å². The number of hydrogen-bond acceptors (Lipinski definition) is 4. The summed E-state index contributed by atoms with van der Waals surface area (Å²) in [4.78, 5) is 17.0. The number of hydrogen-bond donors (Lipinski definition) is 3. The van der Waals surface area contributed by atoms with Crippen LogP contribution in [0.2, 0.25) is 0 Å². The molecular formula is C20H19F2N5O2. The van der Waals surface area contributed by atoms with E-state index in [4.69, 9.17) is 4.74 Å². The van der Waals surface area contributed by atoms with Gasteiger partial charge in [0.1, 0.15) is 0 Å². The Hall–Kier alpha value is -3.33. The lowest BCUT2D eigenvalue weighted by molar-refractivity contribution is -0.0944. The van der Waals surface area contributed by atoms with Gasteiger partial charge in [0.25, 0.3) is 5.91 Å². The third-order valence-corrected chi connectivity index (χ3v) is 4.64. The van der Waals surface area contributed by atoms with Crippen LogP contribution in [0.15, 0.2) is 47.5 Å². The van der Waals surface area contributed by atoms with E-state index in [1.807, 2.05) is 31.2 Å². The van der Waals surface area contributed by atoms with Crippen molar-refractivity contribution in [2.45, 2.75) is 6.92 Å². The van der Waals surface area contributed by atoms with Crippen molar-refractivity contribution in [3.8, 4) is 0 Å². The highest BCUT2D eigenvalue weighted by molar-refractivity contribution is 6.11. The fourth-order valence-corrected chi connectivity index (χ4v) is 2.91. The van der Waals surface area contributed by atoms with Gasteiger partial charge < -0.3 is 10.1 Å². The van der Waals surface area contributed by atoms with Crippen molar-refractivity contribution >= 4 is 28.6 Å². The number of benzene rings is 2. The van der Waals surface area contributed by atoms with Gasteiger partial charge in [-0.1, -0.05) is 19.1 Å². The van der Waals surface area contributed by atoms with Crippen molar-refractivity contribution in [2.75, 3.05) is 25.1 Å². The first kappa shape index (κ1) is 19.0. The van der Waals surface area contributed by atoms with E-state index in [9.17, 15) is 13.6 Å². The average Bonchev–Trinajstić information content (AvgIpc) is 3.09. The van der Waals surface area contributed by atoms with Gasteiger partial charge in [-0.25, -0.2) is 8.78 Å². The molecule has 1 aliphatic rings. The highest BCUT2D eigenvalue weighted by atomic mass is 19.2. The molecule has 0 spiro atoms. The van der Waals surface area contributed by atoms with Crippen molar-refractivity contribution in [3.05, 3.63) is 59.7 Å². The Labute approximate surface area is 165 Å². The number of para-hydroxylation sites is 1. The minimum absolute atomic E-state index is 0.0246. The predicted molar refractivity (Wildman–Crippen MR) is 105 cm³/mol. The molecule has 2 heterocycles.